The van der Waals surface area contributed by atoms with Crippen LogP contribution in [0.1, 0.15) is 41.5 Å². The Morgan fingerprint density at radius 2 is 2.08 bits per heavy atom. The van der Waals surface area contributed by atoms with Crippen LogP contribution in [-0.4, -0.2) is 37.9 Å². The SMILES string of the molecule is CSc1ccc([C@H]2C3=C(CCCC3=O)Nc3nc(C(=O)O)nn32)cc1. The molecule has 8 heteroatoms. The van der Waals surface area contributed by atoms with Crippen LogP contribution in [-0.2, 0) is 4.79 Å². The van der Waals surface area contributed by atoms with Crippen molar-refractivity contribution in [2.75, 3.05) is 11.6 Å². The number of carboxylic acids is 1. The number of hydrogen-bond donors (Lipinski definition) is 2. The maximum Gasteiger partial charge on any atom is 0.375 e. The van der Waals surface area contributed by atoms with E-state index < -0.39 is 12.0 Å². The van der Waals surface area contributed by atoms with Gasteiger partial charge in [-0.25, -0.2) is 9.48 Å². The summed E-state index contributed by atoms with van der Waals surface area (Å²) < 4.78 is 1.51. The fraction of sp³-hybridized carbons (Fsp3) is 0.294. The quantitative estimate of drug-likeness (QED) is 0.816. The third-order valence-electron chi connectivity index (χ3n) is 4.49. The number of nitrogens with one attached hydrogen (secondary N) is 1. The molecule has 1 aliphatic heterocycles. The molecule has 2 N–H and O–H groups in total. The smallest absolute Gasteiger partial charge is 0.375 e. The van der Waals surface area contributed by atoms with E-state index >= 15 is 0 Å². The summed E-state index contributed by atoms with van der Waals surface area (Å²) in [5, 5.41) is 16.5. The number of allylic oxidation sites excluding steroid dienone is 2. The Morgan fingerprint density at radius 1 is 1.32 bits per heavy atom. The van der Waals surface area contributed by atoms with Gasteiger partial charge >= 0.3 is 5.97 Å². The number of rotatable bonds is 3. The van der Waals surface area contributed by atoms with Gasteiger partial charge in [0.1, 0.15) is 6.04 Å². The molecule has 0 saturated heterocycles. The Bertz CT molecular complexity index is 901. The molecule has 0 amide bonds. The molecule has 0 saturated carbocycles. The minimum absolute atomic E-state index is 0.0747. The van der Waals surface area contributed by atoms with Gasteiger partial charge in [0.2, 0.25) is 5.95 Å². The van der Waals surface area contributed by atoms with E-state index in [1.54, 1.807) is 11.8 Å². The van der Waals surface area contributed by atoms with Gasteiger partial charge in [0.25, 0.3) is 5.82 Å². The first-order valence-electron chi connectivity index (χ1n) is 7.95. The number of anilines is 1. The number of ketones is 1. The largest absolute Gasteiger partial charge is 0.475 e. The zero-order valence-corrected chi connectivity index (χ0v) is 14.3. The van der Waals surface area contributed by atoms with Gasteiger partial charge in [-0.1, -0.05) is 12.1 Å². The summed E-state index contributed by atoms with van der Waals surface area (Å²) >= 11 is 1.64. The molecule has 0 fully saturated rings. The Balaban J connectivity index is 1.88. The molecule has 0 radical (unpaired) electrons. The minimum atomic E-state index is -1.19. The van der Waals surface area contributed by atoms with Crippen molar-refractivity contribution < 1.29 is 14.7 Å². The van der Waals surface area contributed by atoms with E-state index in [4.69, 9.17) is 0 Å². The molecule has 128 valence electrons. The second-order valence-corrected chi connectivity index (χ2v) is 6.86. The Hall–Kier alpha value is -2.61. The first kappa shape index (κ1) is 15.9. The lowest BCUT2D eigenvalue weighted by Gasteiger charge is -2.32. The Morgan fingerprint density at radius 3 is 2.76 bits per heavy atom. The zero-order chi connectivity index (χ0) is 17.6. The molecule has 4 rings (SSSR count). The van der Waals surface area contributed by atoms with Crippen LogP contribution in [0.4, 0.5) is 5.95 Å². The Kier molecular flexibility index (Phi) is 3.84. The standard InChI is InChI=1S/C17H16N4O3S/c1-25-10-7-5-9(6-8-10)14-13-11(3-2-4-12(13)22)18-17-19-15(16(23)24)20-21(14)17/h5-8,14H,2-4H2,1H3,(H,23,24)(H,18,19,20)/t14-/m0/s1. The number of carboxylic acid groups (broad SMARTS) is 1. The van der Waals surface area contributed by atoms with E-state index in [2.05, 4.69) is 15.4 Å². The van der Waals surface area contributed by atoms with E-state index in [-0.39, 0.29) is 11.6 Å². The van der Waals surface area contributed by atoms with Crippen LogP contribution in [0.3, 0.4) is 0 Å². The highest BCUT2D eigenvalue weighted by Crippen LogP contribution is 2.40. The fourth-order valence-corrected chi connectivity index (χ4v) is 3.75. The normalized spacial score (nSPS) is 19.2. The lowest BCUT2D eigenvalue weighted by atomic mass is 9.85. The molecular formula is C17H16N4O3S. The van der Waals surface area contributed by atoms with E-state index in [0.717, 1.165) is 29.0 Å². The number of carbonyl (C=O) groups is 2. The van der Waals surface area contributed by atoms with Crippen molar-refractivity contribution in [3.63, 3.8) is 0 Å². The Labute approximate surface area is 148 Å². The second-order valence-electron chi connectivity index (χ2n) is 5.98. The average Bonchev–Trinajstić information content (AvgIpc) is 3.04. The molecule has 0 bridgehead atoms. The molecular weight excluding hydrogens is 340 g/mol. The van der Waals surface area contributed by atoms with Crippen molar-refractivity contribution in [1.82, 2.24) is 14.8 Å². The summed E-state index contributed by atoms with van der Waals surface area (Å²) in [6, 6.07) is 7.45. The zero-order valence-electron chi connectivity index (χ0n) is 13.5. The number of Topliss-reactive ketones (excluding diaryl/α,β-unsaturated/α-hetero) is 1. The number of hydrogen-bond acceptors (Lipinski definition) is 6. The highest BCUT2D eigenvalue weighted by molar-refractivity contribution is 7.98. The molecule has 1 aliphatic carbocycles. The number of aromatic nitrogens is 3. The topological polar surface area (TPSA) is 97.1 Å². The third-order valence-corrected chi connectivity index (χ3v) is 5.23. The average molecular weight is 356 g/mol. The summed E-state index contributed by atoms with van der Waals surface area (Å²) in [4.78, 5) is 29.1. The molecule has 2 aliphatic rings. The third kappa shape index (κ3) is 2.62. The van der Waals surface area contributed by atoms with Crippen LogP contribution >= 0.6 is 11.8 Å². The number of benzene rings is 1. The molecule has 0 unspecified atom stereocenters. The number of thioether (sulfide) groups is 1. The van der Waals surface area contributed by atoms with Gasteiger partial charge in [-0.15, -0.1) is 16.9 Å². The highest BCUT2D eigenvalue weighted by atomic mass is 32.2. The van der Waals surface area contributed by atoms with Gasteiger partial charge in [0.05, 0.1) is 0 Å². The van der Waals surface area contributed by atoms with E-state index in [1.807, 2.05) is 30.5 Å². The molecule has 0 spiro atoms. The molecule has 1 atom stereocenters. The van der Waals surface area contributed by atoms with Crippen molar-refractivity contribution in [2.24, 2.45) is 0 Å². The summed E-state index contributed by atoms with van der Waals surface area (Å²) in [6.45, 7) is 0. The predicted molar refractivity (Wildman–Crippen MR) is 92.9 cm³/mol. The first-order chi connectivity index (χ1) is 12.1. The van der Waals surface area contributed by atoms with Gasteiger partial charge in [-0.05, 0) is 36.8 Å². The number of aromatic carboxylic acids is 1. The lowest BCUT2D eigenvalue weighted by Crippen LogP contribution is -2.31. The van der Waals surface area contributed by atoms with Crippen molar-refractivity contribution >= 4 is 29.5 Å². The van der Waals surface area contributed by atoms with Crippen molar-refractivity contribution in [2.45, 2.75) is 30.2 Å². The molecule has 25 heavy (non-hydrogen) atoms. The van der Waals surface area contributed by atoms with Crippen molar-refractivity contribution in [3.8, 4) is 0 Å². The van der Waals surface area contributed by atoms with E-state index in [9.17, 15) is 14.7 Å². The number of carbonyl (C=O) groups excluding carboxylic acids is 1. The van der Waals surface area contributed by atoms with Crippen molar-refractivity contribution in [1.29, 1.82) is 0 Å². The summed E-state index contributed by atoms with van der Waals surface area (Å²) in [5.41, 5.74) is 2.38. The minimum Gasteiger partial charge on any atom is -0.475 e. The van der Waals surface area contributed by atoms with Gasteiger partial charge in [-0.3, -0.25) is 4.79 Å². The van der Waals surface area contributed by atoms with Crippen LogP contribution in [0, 0.1) is 0 Å². The fourth-order valence-electron chi connectivity index (χ4n) is 3.34. The predicted octanol–water partition coefficient (Wildman–Crippen LogP) is 2.72. The number of nitrogens with zero attached hydrogens (tertiary/aromatic N) is 3. The van der Waals surface area contributed by atoms with E-state index in [0.29, 0.717) is 17.9 Å². The summed E-state index contributed by atoms with van der Waals surface area (Å²) in [5.74, 6) is -1.03. The van der Waals surface area contributed by atoms with Gasteiger partial charge < -0.3 is 10.4 Å². The molecule has 1 aromatic heterocycles. The maximum absolute atomic E-state index is 12.6. The van der Waals surface area contributed by atoms with Crippen LogP contribution < -0.4 is 5.32 Å². The van der Waals surface area contributed by atoms with Gasteiger partial charge in [0.15, 0.2) is 5.78 Å². The molecule has 1 aromatic carbocycles. The maximum atomic E-state index is 12.6. The summed E-state index contributed by atoms with van der Waals surface area (Å²) in [7, 11) is 0. The van der Waals surface area contributed by atoms with Gasteiger partial charge in [0, 0.05) is 22.6 Å². The van der Waals surface area contributed by atoms with Crippen molar-refractivity contribution in [3.05, 3.63) is 46.9 Å². The summed E-state index contributed by atoms with van der Waals surface area (Å²) in [6.07, 6.45) is 4.02. The van der Waals surface area contributed by atoms with E-state index in [1.165, 1.54) is 4.68 Å². The van der Waals surface area contributed by atoms with Crippen LogP contribution in [0.5, 0.6) is 0 Å². The van der Waals surface area contributed by atoms with Crippen LogP contribution in [0.2, 0.25) is 0 Å². The highest BCUT2D eigenvalue weighted by Gasteiger charge is 2.37. The van der Waals surface area contributed by atoms with Gasteiger partial charge in [-0.2, -0.15) is 4.98 Å². The lowest BCUT2D eigenvalue weighted by molar-refractivity contribution is -0.116. The monoisotopic (exact) mass is 356 g/mol. The van der Waals surface area contributed by atoms with Crippen LogP contribution in [0.25, 0.3) is 0 Å². The first-order valence-corrected chi connectivity index (χ1v) is 9.18. The molecule has 2 heterocycles. The molecule has 7 nitrogen and oxygen atoms in total. The molecule has 2 aromatic rings. The number of fused-ring (bicyclic) bond motifs is 1. The second kappa shape index (κ2) is 6.03. The van der Waals surface area contributed by atoms with Crippen LogP contribution in [0.15, 0.2) is 40.4 Å².